The normalized spacial score (nSPS) is 11.6. The summed E-state index contributed by atoms with van der Waals surface area (Å²) in [7, 11) is -3.43. The number of fused-ring (bicyclic) bond motifs is 1. The smallest absolute Gasteiger partial charge is 0.177 e. The number of hydrogen-bond donors (Lipinski definition) is 2. The molecule has 7 heteroatoms. The standard InChI is InChI=1S/C16H13FN2O3S/c1-23(21,22)15-4-2-3-11-12(7-8-18-16(11)15)19-13-9-10(17)5-6-14(13)20/h2-9,20H,1H3,(H,18,19). The predicted molar refractivity (Wildman–Crippen MR) is 86.2 cm³/mol. The minimum Gasteiger partial charge on any atom is -0.506 e. The number of rotatable bonds is 3. The average molecular weight is 332 g/mol. The third kappa shape index (κ3) is 2.95. The number of para-hydroxylation sites is 1. The second kappa shape index (κ2) is 5.51. The van der Waals surface area contributed by atoms with Crippen molar-refractivity contribution in [1.82, 2.24) is 4.98 Å². The van der Waals surface area contributed by atoms with Crippen LogP contribution in [0.5, 0.6) is 5.75 Å². The second-order valence-electron chi connectivity index (χ2n) is 5.07. The van der Waals surface area contributed by atoms with Crippen LogP contribution >= 0.6 is 0 Å². The molecule has 0 unspecified atom stereocenters. The maximum absolute atomic E-state index is 13.3. The van der Waals surface area contributed by atoms with Gasteiger partial charge in [0, 0.05) is 29.6 Å². The van der Waals surface area contributed by atoms with E-state index in [1.54, 1.807) is 18.2 Å². The Balaban J connectivity index is 2.18. The highest BCUT2D eigenvalue weighted by Gasteiger charge is 2.15. The van der Waals surface area contributed by atoms with Crippen molar-refractivity contribution >= 4 is 32.1 Å². The van der Waals surface area contributed by atoms with E-state index in [-0.39, 0.29) is 16.3 Å². The topological polar surface area (TPSA) is 79.3 Å². The van der Waals surface area contributed by atoms with Crippen LogP contribution in [0.2, 0.25) is 0 Å². The summed E-state index contributed by atoms with van der Waals surface area (Å²) in [5.41, 5.74) is 1.01. The Kier molecular flexibility index (Phi) is 3.65. The Bertz CT molecular complexity index is 1000. The Morgan fingerprint density at radius 3 is 2.65 bits per heavy atom. The molecule has 0 fully saturated rings. The van der Waals surface area contributed by atoms with E-state index in [4.69, 9.17) is 0 Å². The van der Waals surface area contributed by atoms with E-state index in [0.29, 0.717) is 16.6 Å². The Morgan fingerprint density at radius 2 is 1.91 bits per heavy atom. The molecule has 0 aliphatic heterocycles. The molecule has 0 bridgehead atoms. The van der Waals surface area contributed by atoms with E-state index in [1.165, 1.54) is 18.3 Å². The number of anilines is 2. The summed E-state index contributed by atoms with van der Waals surface area (Å²) in [5, 5.41) is 13.3. The van der Waals surface area contributed by atoms with Crippen molar-refractivity contribution in [3.05, 3.63) is 54.5 Å². The summed E-state index contributed by atoms with van der Waals surface area (Å²) in [4.78, 5) is 4.25. The van der Waals surface area contributed by atoms with E-state index in [9.17, 15) is 17.9 Å². The highest BCUT2D eigenvalue weighted by molar-refractivity contribution is 7.91. The van der Waals surface area contributed by atoms with Gasteiger partial charge in [0.05, 0.1) is 16.1 Å². The van der Waals surface area contributed by atoms with Gasteiger partial charge in [0.2, 0.25) is 0 Å². The van der Waals surface area contributed by atoms with Crippen molar-refractivity contribution in [1.29, 1.82) is 0 Å². The number of sulfone groups is 1. The van der Waals surface area contributed by atoms with Crippen LogP contribution in [0.25, 0.3) is 10.9 Å². The van der Waals surface area contributed by atoms with E-state index >= 15 is 0 Å². The zero-order valence-electron chi connectivity index (χ0n) is 12.1. The first-order chi connectivity index (χ1) is 10.9. The van der Waals surface area contributed by atoms with Crippen LogP contribution < -0.4 is 5.32 Å². The first-order valence-electron chi connectivity index (χ1n) is 6.69. The maximum Gasteiger partial charge on any atom is 0.177 e. The number of nitrogens with one attached hydrogen (secondary N) is 1. The number of hydrogen-bond acceptors (Lipinski definition) is 5. The average Bonchev–Trinajstić information content (AvgIpc) is 2.50. The summed E-state index contributed by atoms with van der Waals surface area (Å²) >= 11 is 0. The van der Waals surface area contributed by atoms with Crippen molar-refractivity contribution < 1.29 is 17.9 Å². The Hall–Kier alpha value is -2.67. The fourth-order valence-corrected chi connectivity index (χ4v) is 3.15. The van der Waals surface area contributed by atoms with E-state index < -0.39 is 15.7 Å². The van der Waals surface area contributed by atoms with Gasteiger partial charge in [-0.1, -0.05) is 12.1 Å². The zero-order chi connectivity index (χ0) is 16.6. The molecule has 23 heavy (non-hydrogen) atoms. The van der Waals surface area contributed by atoms with Crippen molar-refractivity contribution in [2.45, 2.75) is 4.90 Å². The number of aromatic hydroxyl groups is 1. The number of aromatic nitrogens is 1. The molecule has 3 aromatic rings. The van der Waals surface area contributed by atoms with E-state index in [2.05, 4.69) is 10.3 Å². The van der Waals surface area contributed by atoms with Gasteiger partial charge < -0.3 is 10.4 Å². The van der Waals surface area contributed by atoms with Crippen LogP contribution in [0.1, 0.15) is 0 Å². The molecule has 0 aliphatic carbocycles. The number of halogens is 1. The van der Waals surface area contributed by atoms with Gasteiger partial charge in [-0.15, -0.1) is 0 Å². The summed E-state index contributed by atoms with van der Waals surface area (Å²) in [6.07, 6.45) is 2.57. The minimum atomic E-state index is -3.43. The molecule has 0 aliphatic rings. The number of benzene rings is 2. The van der Waals surface area contributed by atoms with Crippen LogP contribution in [0, 0.1) is 5.82 Å². The zero-order valence-corrected chi connectivity index (χ0v) is 12.9. The van der Waals surface area contributed by atoms with Gasteiger partial charge in [-0.3, -0.25) is 4.98 Å². The lowest BCUT2D eigenvalue weighted by atomic mass is 10.1. The maximum atomic E-state index is 13.3. The molecule has 2 aromatic carbocycles. The van der Waals surface area contributed by atoms with Crippen LogP contribution in [0.4, 0.5) is 15.8 Å². The SMILES string of the molecule is CS(=O)(=O)c1cccc2c(Nc3cc(F)ccc3O)ccnc12. The quantitative estimate of drug-likeness (QED) is 0.720. The summed E-state index contributed by atoms with van der Waals surface area (Å²) in [6.45, 7) is 0. The summed E-state index contributed by atoms with van der Waals surface area (Å²) < 4.78 is 37.1. The van der Waals surface area contributed by atoms with Gasteiger partial charge in [-0.05, 0) is 24.3 Å². The molecule has 0 saturated carbocycles. The van der Waals surface area contributed by atoms with Crippen molar-refractivity contribution in [3.63, 3.8) is 0 Å². The molecule has 1 heterocycles. The minimum absolute atomic E-state index is 0.113. The number of pyridine rings is 1. The molecule has 3 rings (SSSR count). The van der Waals surface area contributed by atoms with Crippen LogP contribution in [0.15, 0.2) is 53.6 Å². The number of phenols is 1. The van der Waals surface area contributed by atoms with Gasteiger partial charge in [-0.25, -0.2) is 12.8 Å². The number of phenolic OH excluding ortho intramolecular Hbond substituents is 1. The number of nitrogens with zero attached hydrogens (tertiary/aromatic N) is 1. The van der Waals surface area contributed by atoms with Crippen LogP contribution in [-0.2, 0) is 9.84 Å². The molecule has 0 spiro atoms. The van der Waals surface area contributed by atoms with E-state index in [1.807, 2.05) is 0 Å². The third-order valence-corrected chi connectivity index (χ3v) is 4.49. The van der Waals surface area contributed by atoms with Crippen molar-refractivity contribution in [2.75, 3.05) is 11.6 Å². The van der Waals surface area contributed by atoms with E-state index in [0.717, 1.165) is 18.4 Å². The summed E-state index contributed by atoms with van der Waals surface area (Å²) in [5.74, 6) is -0.615. The lowest BCUT2D eigenvalue weighted by Gasteiger charge is -2.12. The molecule has 2 N–H and O–H groups in total. The van der Waals surface area contributed by atoms with Crippen LogP contribution in [-0.4, -0.2) is 24.8 Å². The molecule has 0 atom stereocenters. The fourth-order valence-electron chi connectivity index (χ4n) is 2.31. The van der Waals surface area contributed by atoms with Gasteiger partial charge in [-0.2, -0.15) is 0 Å². The molecular weight excluding hydrogens is 319 g/mol. The predicted octanol–water partition coefficient (Wildman–Crippen LogP) is 3.23. The fraction of sp³-hybridized carbons (Fsp3) is 0.0625. The molecule has 5 nitrogen and oxygen atoms in total. The highest BCUT2D eigenvalue weighted by atomic mass is 32.2. The first-order valence-corrected chi connectivity index (χ1v) is 8.59. The monoisotopic (exact) mass is 332 g/mol. The van der Waals surface area contributed by atoms with Crippen molar-refractivity contribution in [3.8, 4) is 5.75 Å². The molecule has 1 aromatic heterocycles. The van der Waals surface area contributed by atoms with Gasteiger partial charge >= 0.3 is 0 Å². The van der Waals surface area contributed by atoms with Crippen LogP contribution in [0.3, 0.4) is 0 Å². The Labute approximate surface area is 132 Å². The van der Waals surface area contributed by atoms with Crippen molar-refractivity contribution in [2.24, 2.45) is 0 Å². The Morgan fingerprint density at radius 1 is 1.13 bits per heavy atom. The van der Waals surface area contributed by atoms with Gasteiger partial charge in [0.15, 0.2) is 9.84 Å². The lowest BCUT2D eigenvalue weighted by molar-refractivity contribution is 0.475. The molecule has 0 amide bonds. The largest absolute Gasteiger partial charge is 0.506 e. The molecule has 0 saturated heterocycles. The summed E-state index contributed by atoms with van der Waals surface area (Å²) in [6, 6.07) is 9.96. The molecule has 118 valence electrons. The lowest BCUT2D eigenvalue weighted by Crippen LogP contribution is -2.01. The highest BCUT2D eigenvalue weighted by Crippen LogP contribution is 2.32. The van der Waals surface area contributed by atoms with Gasteiger partial charge in [0.25, 0.3) is 0 Å². The van der Waals surface area contributed by atoms with Gasteiger partial charge in [0.1, 0.15) is 11.6 Å². The molecular formula is C16H13FN2O3S. The third-order valence-electron chi connectivity index (χ3n) is 3.36. The molecule has 0 radical (unpaired) electrons. The second-order valence-corrected chi connectivity index (χ2v) is 7.05. The first kappa shape index (κ1) is 15.2.